The lowest BCUT2D eigenvalue weighted by atomic mass is 10.2. The molecule has 0 amide bonds. The van der Waals surface area contributed by atoms with Crippen LogP contribution in [0.1, 0.15) is 24.8 Å². The van der Waals surface area contributed by atoms with E-state index in [-0.39, 0.29) is 0 Å². The summed E-state index contributed by atoms with van der Waals surface area (Å²) in [5.74, 6) is 0.550. The van der Waals surface area contributed by atoms with Crippen molar-refractivity contribution < 1.29 is 0 Å². The van der Waals surface area contributed by atoms with Gasteiger partial charge < -0.3 is 4.90 Å². The molecule has 3 heteroatoms. The largest absolute Gasteiger partial charge is 0.368 e. The molecule has 0 radical (unpaired) electrons. The Balaban J connectivity index is 2.82. The first-order valence-corrected chi connectivity index (χ1v) is 4.56. The average Bonchev–Trinajstić information content (AvgIpc) is 2.33. The molecular formula is C8H14N2S. The van der Waals surface area contributed by atoms with Crippen LogP contribution in [0.5, 0.6) is 0 Å². The molecule has 62 valence electrons. The number of thiazole rings is 1. The predicted octanol–water partition coefficient (Wildman–Crippen LogP) is 2.33. The Hall–Kier alpha value is -0.570. The molecule has 0 aliphatic rings. The zero-order chi connectivity index (χ0) is 8.43. The summed E-state index contributed by atoms with van der Waals surface area (Å²) in [7, 11) is 4.08. The van der Waals surface area contributed by atoms with E-state index >= 15 is 0 Å². The molecule has 0 bridgehead atoms. The predicted molar refractivity (Wildman–Crippen MR) is 50.5 cm³/mol. The van der Waals surface area contributed by atoms with Gasteiger partial charge in [0.15, 0.2) is 0 Å². The molecule has 1 aromatic heterocycles. The Kier molecular flexibility index (Phi) is 2.49. The lowest BCUT2D eigenvalue weighted by Gasteiger charge is -2.06. The van der Waals surface area contributed by atoms with Gasteiger partial charge in [0.2, 0.25) is 0 Å². The maximum absolute atomic E-state index is 4.31. The third-order valence-electron chi connectivity index (χ3n) is 1.45. The van der Waals surface area contributed by atoms with Crippen molar-refractivity contribution in [3.8, 4) is 0 Å². The Labute approximate surface area is 71.9 Å². The van der Waals surface area contributed by atoms with Gasteiger partial charge in [-0.1, -0.05) is 13.8 Å². The highest BCUT2D eigenvalue weighted by Crippen LogP contribution is 2.26. The standard InChI is InChI=1S/C8H14N2S/c1-6(2)8-9-5-7(11-8)10(3)4/h5-6H,1-4H3. The minimum atomic E-state index is 0.550. The van der Waals surface area contributed by atoms with E-state index in [1.165, 1.54) is 10.0 Å². The summed E-state index contributed by atoms with van der Waals surface area (Å²) in [5, 5.41) is 2.45. The van der Waals surface area contributed by atoms with Crippen LogP contribution in [0.3, 0.4) is 0 Å². The van der Waals surface area contributed by atoms with Crippen molar-refractivity contribution in [1.29, 1.82) is 0 Å². The Morgan fingerprint density at radius 1 is 1.45 bits per heavy atom. The van der Waals surface area contributed by atoms with Crippen LogP contribution in [-0.2, 0) is 0 Å². The van der Waals surface area contributed by atoms with Gasteiger partial charge in [-0.25, -0.2) is 4.98 Å². The van der Waals surface area contributed by atoms with Crippen molar-refractivity contribution in [1.82, 2.24) is 4.98 Å². The summed E-state index contributed by atoms with van der Waals surface area (Å²) in [4.78, 5) is 6.40. The van der Waals surface area contributed by atoms with E-state index < -0.39 is 0 Å². The molecule has 0 atom stereocenters. The first-order chi connectivity index (χ1) is 5.11. The van der Waals surface area contributed by atoms with Gasteiger partial charge >= 0.3 is 0 Å². The average molecular weight is 170 g/mol. The Bertz CT molecular complexity index is 205. The van der Waals surface area contributed by atoms with Crippen LogP contribution in [0.25, 0.3) is 0 Å². The first-order valence-electron chi connectivity index (χ1n) is 3.74. The molecular weight excluding hydrogens is 156 g/mol. The van der Waals surface area contributed by atoms with Gasteiger partial charge in [0.05, 0.1) is 11.2 Å². The minimum absolute atomic E-state index is 0.550. The molecule has 0 saturated heterocycles. The van der Waals surface area contributed by atoms with E-state index in [0.717, 1.165) is 0 Å². The lowest BCUT2D eigenvalue weighted by molar-refractivity contribution is 0.852. The van der Waals surface area contributed by atoms with Gasteiger partial charge in [0.25, 0.3) is 0 Å². The summed E-state index contributed by atoms with van der Waals surface area (Å²) < 4.78 is 0. The van der Waals surface area contributed by atoms with Gasteiger partial charge in [-0.2, -0.15) is 0 Å². The number of hydrogen-bond donors (Lipinski definition) is 0. The molecule has 0 aromatic carbocycles. The molecule has 1 aromatic rings. The zero-order valence-electron chi connectivity index (χ0n) is 7.46. The van der Waals surface area contributed by atoms with Gasteiger partial charge in [0, 0.05) is 20.0 Å². The van der Waals surface area contributed by atoms with Crippen molar-refractivity contribution in [2.75, 3.05) is 19.0 Å². The fraction of sp³-hybridized carbons (Fsp3) is 0.625. The number of nitrogens with zero attached hydrogens (tertiary/aromatic N) is 2. The third kappa shape index (κ3) is 1.93. The second-order valence-electron chi connectivity index (χ2n) is 3.09. The SMILES string of the molecule is CC(C)c1ncc(N(C)C)s1. The van der Waals surface area contributed by atoms with Crippen molar-refractivity contribution >= 4 is 16.3 Å². The third-order valence-corrected chi connectivity index (χ3v) is 2.91. The van der Waals surface area contributed by atoms with E-state index in [4.69, 9.17) is 0 Å². The monoisotopic (exact) mass is 170 g/mol. The van der Waals surface area contributed by atoms with Gasteiger partial charge in [-0.15, -0.1) is 11.3 Å². The maximum atomic E-state index is 4.31. The molecule has 0 aliphatic carbocycles. The number of aromatic nitrogens is 1. The van der Waals surface area contributed by atoms with E-state index in [1.807, 2.05) is 20.3 Å². The van der Waals surface area contributed by atoms with Crippen LogP contribution < -0.4 is 4.90 Å². The van der Waals surface area contributed by atoms with Crippen molar-refractivity contribution in [2.45, 2.75) is 19.8 Å². The number of rotatable bonds is 2. The molecule has 0 unspecified atom stereocenters. The molecule has 1 rings (SSSR count). The first kappa shape index (κ1) is 8.53. The fourth-order valence-electron chi connectivity index (χ4n) is 0.752. The van der Waals surface area contributed by atoms with Crippen LogP contribution in [0.15, 0.2) is 6.20 Å². The highest BCUT2D eigenvalue weighted by Gasteiger charge is 2.05. The lowest BCUT2D eigenvalue weighted by Crippen LogP contribution is -2.05. The molecule has 0 saturated carbocycles. The molecule has 2 nitrogen and oxygen atoms in total. The summed E-state index contributed by atoms with van der Waals surface area (Å²) in [6.07, 6.45) is 1.93. The molecule has 0 spiro atoms. The van der Waals surface area contributed by atoms with Crippen LogP contribution in [-0.4, -0.2) is 19.1 Å². The van der Waals surface area contributed by atoms with Gasteiger partial charge in [-0.3, -0.25) is 0 Å². The second-order valence-corrected chi connectivity index (χ2v) is 4.13. The Morgan fingerprint density at radius 2 is 2.09 bits per heavy atom. The van der Waals surface area contributed by atoms with Gasteiger partial charge in [0.1, 0.15) is 5.00 Å². The summed E-state index contributed by atoms with van der Waals surface area (Å²) in [6, 6.07) is 0. The molecule has 0 aliphatic heterocycles. The quantitative estimate of drug-likeness (QED) is 0.677. The maximum Gasteiger partial charge on any atom is 0.111 e. The Morgan fingerprint density at radius 3 is 2.36 bits per heavy atom. The molecule has 1 heterocycles. The van der Waals surface area contributed by atoms with E-state index in [0.29, 0.717) is 5.92 Å². The summed E-state index contributed by atoms with van der Waals surface area (Å²) >= 11 is 1.76. The second kappa shape index (κ2) is 3.22. The highest BCUT2D eigenvalue weighted by molar-refractivity contribution is 7.15. The van der Waals surface area contributed by atoms with E-state index in [1.54, 1.807) is 11.3 Å². The van der Waals surface area contributed by atoms with Crippen LogP contribution in [0.4, 0.5) is 5.00 Å². The number of hydrogen-bond acceptors (Lipinski definition) is 3. The fourth-order valence-corrected chi connectivity index (χ4v) is 1.60. The smallest absolute Gasteiger partial charge is 0.111 e. The summed E-state index contributed by atoms with van der Waals surface area (Å²) in [6.45, 7) is 4.33. The van der Waals surface area contributed by atoms with E-state index in [2.05, 4.69) is 23.7 Å². The normalized spacial score (nSPS) is 10.6. The molecule has 0 fully saturated rings. The van der Waals surface area contributed by atoms with Crippen molar-refractivity contribution in [3.63, 3.8) is 0 Å². The minimum Gasteiger partial charge on any atom is -0.368 e. The van der Waals surface area contributed by atoms with Crippen molar-refractivity contribution in [2.24, 2.45) is 0 Å². The van der Waals surface area contributed by atoms with Crippen molar-refractivity contribution in [3.05, 3.63) is 11.2 Å². The number of anilines is 1. The highest BCUT2D eigenvalue weighted by atomic mass is 32.1. The topological polar surface area (TPSA) is 16.1 Å². The van der Waals surface area contributed by atoms with E-state index in [9.17, 15) is 0 Å². The van der Waals surface area contributed by atoms with Crippen LogP contribution >= 0.6 is 11.3 Å². The molecule has 11 heavy (non-hydrogen) atoms. The van der Waals surface area contributed by atoms with Crippen LogP contribution in [0.2, 0.25) is 0 Å². The summed E-state index contributed by atoms with van der Waals surface area (Å²) in [5.41, 5.74) is 0. The zero-order valence-corrected chi connectivity index (χ0v) is 8.27. The van der Waals surface area contributed by atoms with Gasteiger partial charge in [-0.05, 0) is 0 Å². The van der Waals surface area contributed by atoms with Crippen LogP contribution in [0, 0.1) is 0 Å². The molecule has 0 N–H and O–H groups in total.